The first-order valence-corrected chi connectivity index (χ1v) is 8.94. The lowest BCUT2D eigenvalue weighted by atomic mass is 10.2. The molecular weight excluding hydrogens is 346 g/mol. The fraction of sp³-hybridized carbons (Fsp3) is 0.150. The van der Waals surface area contributed by atoms with E-state index < -0.39 is 0 Å². The summed E-state index contributed by atoms with van der Waals surface area (Å²) in [6.45, 7) is 1.91. The van der Waals surface area contributed by atoms with E-state index >= 15 is 0 Å². The van der Waals surface area contributed by atoms with Crippen molar-refractivity contribution in [3.05, 3.63) is 71.4 Å². The monoisotopic (exact) mass is 363 g/mol. The van der Waals surface area contributed by atoms with Gasteiger partial charge in [-0.3, -0.25) is 0 Å². The van der Waals surface area contributed by atoms with Gasteiger partial charge < -0.3 is 9.47 Å². The number of ether oxygens (including phenoxy) is 2. The highest BCUT2D eigenvalue weighted by molar-refractivity contribution is 7.98. The van der Waals surface area contributed by atoms with Gasteiger partial charge in [-0.05, 0) is 48.9 Å². The second kappa shape index (κ2) is 8.37. The Hall–Kier alpha value is -3.04. The summed E-state index contributed by atoms with van der Waals surface area (Å²) in [5.74, 6) is 2.63. The highest BCUT2D eigenvalue weighted by Crippen LogP contribution is 2.26. The molecular formula is C20H17N3O2S. The smallest absolute Gasteiger partial charge is 0.223 e. The second-order valence-electron chi connectivity index (χ2n) is 5.51. The third-order valence-electron chi connectivity index (χ3n) is 3.52. The van der Waals surface area contributed by atoms with E-state index in [1.807, 2.05) is 49.4 Å². The van der Waals surface area contributed by atoms with Crippen molar-refractivity contribution in [3.63, 3.8) is 0 Å². The number of aryl methyl sites for hydroxylation is 1. The summed E-state index contributed by atoms with van der Waals surface area (Å²) in [5, 5.41) is 9.62. The van der Waals surface area contributed by atoms with E-state index in [-0.39, 0.29) is 0 Å². The van der Waals surface area contributed by atoms with Gasteiger partial charge in [0, 0.05) is 17.5 Å². The molecule has 6 heteroatoms. The van der Waals surface area contributed by atoms with Crippen molar-refractivity contribution in [1.29, 1.82) is 5.26 Å². The molecule has 5 nitrogen and oxygen atoms in total. The zero-order chi connectivity index (χ0) is 18.4. The third kappa shape index (κ3) is 4.74. The Bertz CT molecular complexity index is 937. The summed E-state index contributed by atoms with van der Waals surface area (Å²) in [6, 6.07) is 18.8. The molecule has 0 saturated carbocycles. The molecule has 3 rings (SSSR count). The van der Waals surface area contributed by atoms with Gasteiger partial charge in [-0.1, -0.05) is 23.9 Å². The van der Waals surface area contributed by atoms with Crippen molar-refractivity contribution in [2.75, 3.05) is 7.11 Å². The van der Waals surface area contributed by atoms with E-state index in [4.69, 9.17) is 14.7 Å². The molecule has 1 heterocycles. The molecule has 0 fully saturated rings. The summed E-state index contributed by atoms with van der Waals surface area (Å²) in [7, 11) is 1.62. The standard InChI is InChI=1S/C20H17N3O2S/c1-14-10-19(25-18-8-6-17(24-2)7-9-18)23-20(22-14)26-13-16-5-3-4-15(11-16)12-21/h3-11H,13H2,1-2H3. The lowest BCUT2D eigenvalue weighted by molar-refractivity contribution is 0.411. The molecule has 3 aromatic rings. The van der Waals surface area contributed by atoms with E-state index in [2.05, 4.69) is 16.0 Å². The summed E-state index contributed by atoms with van der Waals surface area (Å²) < 4.78 is 11.0. The van der Waals surface area contributed by atoms with E-state index in [0.29, 0.717) is 28.1 Å². The Morgan fingerprint density at radius 1 is 1.04 bits per heavy atom. The van der Waals surface area contributed by atoms with Crippen LogP contribution in [-0.2, 0) is 5.75 Å². The molecule has 0 radical (unpaired) electrons. The summed E-state index contributed by atoms with van der Waals surface area (Å²) in [4.78, 5) is 8.91. The quantitative estimate of drug-likeness (QED) is 0.465. The molecule has 26 heavy (non-hydrogen) atoms. The van der Waals surface area contributed by atoms with Crippen LogP contribution in [0.4, 0.5) is 0 Å². The van der Waals surface area contributed by atoms with Gasteiger partial charge >= 0.3 is 0 Å². The number of benzene rings is 2. The molecule has 0 amide bonds. The lowest BCUT2D eigenvalue weighted by Gasteiger charge is -2.08. The number of thioether (sulfide) groups is 1. The number of methoxy groups -OCH3 is 1. The average Bonchev–Trinajstić information content (AvgIpc) is 2.67. The number of nitrogens with zero attached hydrogens (tertiary/aromatic N) is 3. The normalized spacial score (nSPS) is 10.2. The van der Waals surface area contributed by atoms with Gasteiger partial charge in [0.15, 0.2) is 5.16 Å². The molecule has 0 N–H and O–H groups in total. The van der Waals surface area contributed by atoms with Gasteiger partial charge in [0.1, 0.15) is 11.5 Å². The SMILES string of the molecule is COc1ccc(Oc2cc(C)nc(SCc3cccc(C#N)c3)n2)cc1. The van der Waals surface area contributed by atoms with Crippen molar-refractivity contribution in [1.82, 2.24) is 9.97 Å². The largest absolute Gasteiger partial charge is 0.497 e. The van der Waals surface area contributed by atoms with Crippen LogP contribution in [0.2, 0.25) is 0 Å². The zero-order valence-corrected chi connectivity index (χ0v) is 15.3. The maximum absolute atomic E-state index is 8.99. The number of nitriles is 1. The van der Waals surface area contributed by atoms with Gasteiger partial charge in [-0.2, -0.15) is 10.2 Å². The highest BCUT2D eigenvalue weighted by Gasteiger charge is 2.07. The van der Waals surface area contributed by atoms with Crippen molar-refractivity contribution < 1.29 is 9.47 Å². The Morgan fingerprint density at radius 2 is 1.81 bits per heavy atom. The first-order valence-electron chi connectivity index (χ1n) is 7.96. The first-order chi connectivity index (χ1) is 12.7. The maximum Gasteiger partial charge on any atom is 0.223 e. The Balaban J connectivity index is 1.71. The number of rotatable bonds is 6. The minimum absolute atomic E-state index is 0.496. The van der Waals surface area contributed by atoms with Gasteiger partial charge in [-0.15, -0.1) is 0 Å². The average molecular weight is 363 g/mol. The van der Waals surface area contributed by atoms with Crippen LogP contribution in [0.25, 0.3) is 0 Å². The van der Waals surface area contributed by atoms with E-state index in [9.17, 15) is 0 Å². The lowest BCUT2D eigenvalue weighted by Crippen LogP contribution is -1.95. The molecule has 0 unspecified atom stereocenters. The molecule has 0 bridgehead atoms. The molecule has 0 spiro atoms. The first kappa shape index (κ1) is 17.8. The summed E-state index contributed by atoms with van der Waals surface area (Å²) in [6.07, 6.45) is 0. The van der Waals surface area contributed by atoms with Gasteiger partial charge in [0.25, 0.3) is 0 Å². The van der Waals surface area contributed by atoms with Crippen LogP contribution in [-0.4, -0.2) is 17.1 Å². The topological polar surface area (TPSA) is 68.0 Å². The van der Waals surface area contributed by atoms with E-state index in [1.165, 1.54) is 11.8 Å². The highest BCUT2D eigenvalue weighted by atomic mass is 32.2. The number of aromatic nitrogens is 2. The predicted octanol–water partition coefficient (Wildman–Crippen LogP) is 4.75. The molecule has 0 aliphatic carbocycles. The molecule has 130 valence electrons. The minimum Gasteiger partial charge on any atom is -0.497 e. The van der Waals surface area contributed by atoms with E-state index in [0.717, 1.165) is 17.0 Å². The molecule has 0 atom stereocenters. The summed E-state index contributed by atoms with van der Waals surface area (Å²) in [5.41, 5.74) is 2.53. The van der Waals surface area contributed by atoms with E-state index in [1.54, 1.807) is 19.2 Å². The van der Waals surface area contributed by atoms with Gasteiger partial charge in [-0.25, -0.2) is 4.98 Å². The van der Waals surface area contributed by atoms with Crippen LogP contribution in [0.15, 0.2) is 59.8 Å². The van der Waals surface area contributed by atoms with Gasteiger partial charge in [0.05, 0.1) is 18.7 Å². The summed E-state index contributed by atoms with van der Waals surface area (Å²) >= 11 is 1.51. The molecule has 0 aliphatic heterocycles. The third-order valence-corrected chi connectivity index (χ3v) is 4.43. The van der Waals surface area contributed by atoms with Crippen LogP contribution in [0.3, 0.4) is 0 Å². The molecule has 0 saturated heterocycles. The second-order valence-corrected chi connectivity index (χ2v) is 6.45. The van der Waals surface area contributed by atoms with Crippen LogP contribution < -0.4 is 9.47 Å². The predicted molar refractivity (Wildman–Crippen MR) is 101 cm³/mol. The zero-order valence-electron chi connectivity index (χ0n) is 14.5. The molecule has 0 aliphatic rings. The molecule has 2 aromatic carbocycles. The van der Waals surface area contributed by atoms with Gasteiger partial charge in [0.2, 0.25) is 5.88 Å². The fourth-order valence-corrected chi connectivity index (χ4v) is 3.11. The minimum atomic E-state index is 0.496. The van der Waals surface area contributed by atoms with Crippen LogP contribution in [0.1, 0.15) is 16.8 Å². The Morgan fingerprint density at radius 3 is 2.54 bits per heavy atom. The van der Waals surface area contributed by atoms with Crippen molar-refractivity contribution in [2.45, 2.75) is 17.8 Å². The Labute approximate surface area is 156 Å². The van der Waals surface area contributed by atoms with Crippen LogP contribution in [0.5, 0.6) is 17.4 Å². The maximum atomic E-state index is 8.99. The van der Waals surface area contributed by atoms with Crippen molar-refractivity contribution in [3.8, 4) is 23.4 Å². The van der Waals surface area contributed by atoms with Crippen LogP contribution in [0, 0.1) is 18.3 Å². The molecule has 1 aromatic heterocycles. The number of hydrogen-bond acceptors (Lipinski definition) is 6. The van der Waals surface area contributed by atoms with Crippen LogP contribution >= 0.6 is 11.8 Å². The van der Waals surface area contributed by atoms with Crippen molar-refractivity contribution >= 4 is 11.8 Å². The number of hydrogen-bond donors (Lipinski definition) is 0. The van der Waals surface area contributed by atoms with Crippen molar-refractivity contribution in [2.24, 2.45) is 0 Å². The fourth-order valence-electron chi connectivity index (χ4n) is 2.27. The Kier molecular flexibility index (Phi) is 5.72.